The molecule has 4 aliphatic carbocycles. The maximum absolute atomic E-state index is 13.5. The Labute approximate surface area is 225 Å². The molecule has 38 heavy (non-hydrogen) atoms. The summed E-state index contributed by atoms with van der Waals surface area (Å²) in [5.41, 5.74) is 2.84. The van der Waals surface area contributed by atoms with Crippen LogP contribution in [0.15, 0.2) is 24.3 Å². The van der Waals surface area contributed by atoms with Crippen molar-refractivity contribution in [2.45, 2.75) is 91.1 Å². The zero-order valence-corrected chi connectivity index (χ0v) is 23.2. The topological polar surface area (TPSA) is 94.6 Å². The van der Waals surface area contributed by atoms with E-state index in [1.165, 1.54) is 38.5 Å². The van der Waals surface area contributed by atoms with E-state index in [2.05, 4.69) is 42.4 Å². The van der Waals surface area contributed by atoms with Gasteiger partial charge in [-0.15, -0.1) is 0 Å². The molecular formula is C31H42N4O3. The third-order valence-electron chi connectivity index (χ3n) is 9.92. The fourth-order valence-electron chi connectivity index (χ4n) is 9.09. The van der Waals surface area contributed by atoms with Crippen molar-refractivity contribution in [3.8, 4) is 0 Å². The van der Waals surface area contributed by atoms with Crippen LogP contribution < -0.4 is 15.5 Å². The fourth-order valence-corrected chi connectivity index (χ4v) is 9.09. The third kappa shape index (κ3) is 4.62. The summed E-state index contributed by atoms with van der Waals surface area (Å²) in [5, 5.41) is 16.4. The van der Waals surface area contributed by atoms with Crippen molar-refractivity contribution in [2.24, 2.45) is 28.6 Å². The Hall–Kier alpha value is -2.83. The number of benzene rings is 1. The number of carbonyl (C=O) groups is 2. The molecule has 1 aromatic heterocycles. The molecule has 3 N–H and O–H groups in total. The van der Waals surface area contributed by atoms with Gasteiger partial charge in [-0.05, 0) is 104 Å². The van der Waals surface area contributed by atoms with Crippen molar-refractivity contribution >= 4 is 34.4 Å². The minimum Gasteiger partial charge on any atom is -0.465 e. The van der Waals surface area contributed by atoms with Crippen molar-refractivity contribution in [1.29, 1.82) is 0 Å². The normalized spacial score (nSPS) is 32.1. The van der Waals surface area contributed by atoms with Crippen LogP contribution in [0.4, 0.5) is 16.3 Å². The molecule has 5 fully saturated rings. The first-order valence-corrected chi connectivity index (χ1v) is 14.5. The molecule has 4 bridgehead atoms. The summed E-state index contributed by atoms with van der Waals surface area (Å²) >= 11 is 0. The van der Waals surface area contributed by atoms with Crippen LogP contribution in [-0.4, -0.2) is 40.7 Å². The van der Waals surface area contributed by atoms with Gasteiger partial charge >= 0.3 is 6.09 Å². The second kappa shape index (κ2) is 9.13. The highest BCUT2D eigenvalue weighted by Gasteiger charge is 2.51. The number of amides is 2. The van der Waals surface area contributed by atoms with Gasteiger partial charge in [0, 0.05) is 18.4 Å². The number of aromatic nitrogens is 1. The molecule has 5 aliphatic rings. The number of hydrogen-bond acceptors (Lipinski definition) is 4. The standard InChI is InChI=1S/C31H42N4O3/c1-18-5-7-23-22(6-8-25(32-23)35-10-9-24(33-29(37)38)28(35)30(2,3)4)27(18)34-26(36)17-31-14-19-11-20(15-31)13-21(12-19)16-31/h5-8,19-21,24,28,33H,9-17H2,1-4H3,(H,34,36)(H,37,38)/t19?,20?,21?,24-,28?,31?/m0/s1. The van der Waals surface area contributed by atoms with Gasteiger partial charge < -0.3 is 20.6 Å². The summed E-state index contributed by atoms with van der Waals surface area (Å²) in [7, 11) is 0. The van der Waals surface area contributed by atoms with Gasteiger partial charge in [-0.2, -0.15) is 0 Å². The summed E-state index contributed by atoms with van der Waals surface area (Å²) in [5.74, 6) is 3.50. The number of anilines is 2. The zero-order chi connectivity index (χ0) is 26.8. The number of rotatable bonds is 5. The van der Waals surface area contributed by atoms with Crippen LogP contribution in [0.2, 0.25) is 0 Å². The molecule has 2 atom stereocenters. The van der Waals surface area contributed by atoms with Gasteiger partial charge in [-0.3, -0.25) is 4.79 Å². The highest BCUT2D eigenvalue weighted by molar-refractivity contribution is 6.03. The smallest absolute Gasteiger partial charge is 0.404 e. The summed E-state index contributed by atoms with van der Waals surface area (Å²) in [6.45, 7) is 9.23. The Morgan fingerprint density at radius 1 is 1.05 bits per heavy atom. The molecular weight excluding hydrogens is 476 g/mol. The second-order valence-electron chi connectivity index (χ2n) is 14.0. The van der Waals surface area contributed by atoms with Gasteiger partial charge in [0.05, 0.1) is 23.3 Å². The number of carbonyl (C=O) groups excluding carboxylic acids is 1. The third-order valence-corrected chi connectivity index (χ3v) is 9.92. The average molecular weight is 519 g/mol. The lowest BCUT2D eigenvalue weighted by Gasteiger charge is -2.56. The number of nitrogens with zero attached hydrogens (tertiary/aromatic N) is 2. The van der Waals surface area contributed by atoms with Gasteiger partial charge in [-0.25, -0.2) is 9.78 Å². The molecule has 1 aromatic carbocycles. The summed E-state index contributed by atoms with van der Waals surface area (Å²) in [4.78, 5) is 32.1. The largest absolute Gasteiger partial charge is 0.465 e. The average Bonchev–Trinajstić information content (AvgIpc) is 3.23. The van der Waals surface area contributed by atoms with E-state index >= 15 is 0 Å². The highest BCUT2D eigenvalue weighted by atomic mass is 16.4. The van der Waals surface area contributed by atoms with Crippen LogP contribution in [0.5, 0.6) is 0 Å². The van der Waals surface area contributed by atoms with Gasteiger partial charge in [0.15, 0.2) is 0 Å². The van der Waals surface area contributed by atoms with E-state index in [1.54, 1.807) is 0 Å². The molecule has 7 nitrogen and oxygen atoms in total. The SMILES string of the molecule is Cc1ccc2nc(N3CC[C@H](NC(=O)O)C3C(C)(C)C)ccc2c1NC(=O)CC12CC3CC(CC(C3)C1)C2. The van der Waals surface area contributed by atoms with E-state index in [0.717, 1.165) is 58.7 Å². The minimum atomic E-state index is -0.984. The van der Waals surface area contributed by atoms with Crippen molar-refractivity contribution in [3.05, 3.63) is 29.8 Å². The number of nitrogens with one attached hydrogen (secondary N) is 2. The lowest BCUT2D eigenvalue weighted by Crippen LogP contribution is -2.51. The van der Waals surface area contributed by atoms with Gasteiger partial charge in [0.2, 0.25) is 5.91 Å². The number of hydrogen-bond donors (Lipinski definition) is 3. The Kier molecular flexibility index (Phi) is 6.11. The summed E-state index contributed by atoms with van der Waals surface area (Å²) in [6, 6.07) is 8.01. The van der Waals surface area contributed by atoms with Gasteiger partial charge in [0.25, 0.3) is 0 Å². The van der Waals surface area contributed by atoms with E-state index in [-0.39, 0.29) is 28.8 Å². The van der Waals surface area contributed by atoms with E-state index in [9.17, 15) is 14.7 Å². The Morgan fingerprint density at radius 2 is 1.71 bits per heavy atom. The minimum absolute atomic E-state index is 0.00606. The molecule has 204 valence electrons. The van der Waals surface area contributed by atoms with Crippen LogP contribution in [0.3, 0.4) is 0 Å². The maximum Gasteiger partial charge on any atom is 0.404 e. The molecule has 2 heterocycles. The van der Waals surface area contributed by atoms with E-state index < -0.39 is 6.09 Å². The van der Waals surface area contributed by atoms with Crippen LogP contribution in [-0.2, 0) is 4.79 Å². The van der Waals surface area contributed by atoms with E-state index in [4.69, 9.17) is 4.98 Å². The quantitative estimate of drug-likeness (QED) is 0.429. The van der Waals surface area contributed by atoms with Crippen molar-refractivity contribution < 1.29 is 14.7 Å². The van der Waals surface area contributed by atoms with Crippen LogP contribution in [0.25, 0.3) is 10.9 Å². The van der Waals surface area contributed by atoms with Crippen LogP contribution in [0.1, 0.15) is 77.7 Å². The molecule has 1 unspecified atom stereocenters. The van der Waals surface area contributed by atoms with Crippen molar-refractivity contribution in [2.75, 3.05) is 16.8 Å². The number of aryl methyl sites for hydroxylation is 1. The molecule has 1 saturated heterocycles. The molecule has 4 saturated carbocycles. The van der Waals surface area contributed by atoms with Crippen molar-refractivity contribution in [3.63, 3.8) is 0 Å². The highest BCUT2D eigenvalue weighted by Crippen LogP contribution is 2.61. The summed E-state index contributed by atoms with van der Waals surface area (Å²) < 4.78 is 0. The maximum atomic E-state index is 13.5. The Balaban J connectivity index is 1.24. The Bertz CT molecular complexity index is 1230. The molecule has 2 amide bonds. The lowest BCUT2D eigenvalue weighted by atomic mass is 9.49. The van der Waals surface area contributed by atoms with E-state index in [0.29, 0.717) is 6.42 Å². The zero-order valence-electron chi connectivity index (χ0n) is 23.2. The number of fused-ring (bicyclic) bond motifs is 1. The predicted octanol–water partition coefficient (Wildman–Crippen LogP) is 6.35. The molecule has 2 aromatic rings. The molecule has 7 heteroatoms. The monoisotopic (exact) mass is 518 g/mol. The first kappa shape index (κ1) is 25.4. The molecule has 0 radical (unpaired) electrons. The van der Waals surface area contributed by atoms with Crippen LogP contribution >= 0.6 is 0 Å². The molecule has 7 rings (SSSR count). The lowest BCUT2D eigenvalue weighted by molar-refractivity contribution is -0.124. The number of carboxylic acid groups (broad SMARTS) is 1. The first-order valence-electron chi connectivity index (χ1n) is 14.5. The number of pyridine rings is 1. The fraction of sp³-hybridized carbons (Fsp3) is 0.645. The second-order valence-corrected chi connectivity index (χ2v) is 14.0. The first-order chi connectivity index (χ1) is 18.0. The molecule has 1 aliphatic heterocycles. The molecule has 0 spiro atoms. The van der Waals surface area contributed by atoms with Gasteiger partial charge in [0.1, 0.15) is 5.82 Å². The Morgan fingerprint density at radius 3 is 2.32 bits per heavy atom. The van der Waals surface area contributed by atoms with Crippen LogP contribution in [0, 0.1) is 35.5 Å². The van der Waals surface area contributed by atoms with E-state index in [1.807, 2.05) is 25.1 Å². The predicted molar refractivity (Wildman–Crippen MR) is 150 cm³/mol. The van der Waals surface area contributed by atoms with Crippen molar-refractivity contribution in [1.82, 2.24) is 10.3 Å². The summed E-state index contributed by atoms with van der Waals surface area (Å²) in [6.07, 6.45) is 8.25. The van der Waals surface area contributed by atoms with Gasteiger partial charge in [-0.1, -0.05) is 26.8 Å².